The van der Waals surface area contributed by atoms with E-state index in [1.165, 1.54) is 17.8 Å². The Bertz CT molecular complexity index is 430. The Morgan fingerprint density at radius 2 is 1.95 bits per heavy atom. The number of rotatable bonds is 8. The minimum atomic E-state index is -4.29. The predicted molar refractivity (Wildman–Crippen MR) is 83.6 cm³/mol. The highest BCUT2D eigenvalue weighted by Crippen LogP contribution is 2.37. The monoisotopic (exact) mass is 319 g/mol. The van der Waals surface area contributed by atoms with E-state index in [0.29, 0.717) is 28.7 Å². The van der Waals surface area contributed by atoms with E-state index >= 15 is 0 Å². The third-order valence-electron chi connectivity index (χ3n) is 3.06. The second-order valence-corrected chi connectivity index (χ2v) is 6.67. The van der Waals surface area contributed by atoms with Crippen LogP contribution in [0.1, 0.15) is 44.7 Å². The molecule has 1 aromatic carbocycles. The fraction of sp³-hybridized carbons (Fsp3) is 0.625. The molecule has 0 atom stereocenters. The Morgan fingerprint density at radius 1 is 1.24 bits per heavy atom. The Labute approximate surface area is 129 Å². The average molecular weight is 319 g/mol. The molecule has 1 aromatic rings. The molecule has 0 aromatic heterocycles. The normalized spacial score (nSPS) is 12.1. The maximum Gasteiger partial charge on any atom is 0.417 e. The van der Waals surface area contributed by atoms with Crippen molar-refractivity contribution in [3.05, 3.63) is 29.3 Å². The molecule has 0 aliphatic heterocycles. The second-order valence-electron chi connectivity index (χ2n) is 5.54. The minimum absolute atomic E-state index is 0.336. The van der Waals surface area contributed by atoms with Crippen LogP contribution in [0.4, 0.5) is 13.2 Å². The molecule has 0 amide bonds. The van der Waals surface area contributed by atoms with Gasteiger partial charge in [-0.05, 0) is 48.8 Å². The summed E-state index contributed by atoms with van der Waals surface area (Å²) in [5.41, 5.74) is 0.177. The van der Waals surface area contributed by atoms with Crippen LogP contribution in [0.2, 0.25) is 0 Å². The molecular weight excluding hydrogens is 295 g/mol. The highest BCUT2D eigenvalue weighted by atomic mass is 32.2. The Morgan fingerprint density at radius 3 is 2.52 bits per heavy atom. The third-order valence-corrected chi connectivity index (χ3v) is 4.16. The van der Waals surface area contributed by atoms with Gasteiger partial charge < -0.3 is 5.32 Å². The molecule has 21 heavy (non-hydrogen) atoms. The van der Waals surface area contributed by atoms with Gasteiger partial charge in [0.1, 0.15) is 0 Å². The van der Waals surface area contributed by atoms with Gasteiger partial charge in [-0.3, -0.25) is 0 Å². The standard InChI is InChI=1S/C16H24F3NS/c1-4-8-20-11-13-5-6-15(21-9-7-12(2)3)14(10-13)16(17,18)19/h5-6,10,12,20H,4,7-9,11H2,1-3H3. The Hall–Kier alpha value is -0.680. The molecular formula is C16H24F3NS. The summed E-state index contributed by atoms with van der Waals surface area (Å²) in [4.78, 5) is 0.336. The van der Waals surface area contributed by atoms with E-state index in [0.717, 1.165) is 19.4 Å². The number of benzene rings is 1. The van der Waals surface area contributed by atoms with E-state index < -0.39 is 11.7 Å². The first-order chi connectivity index (χ1) is 9.84. The summed E-state index contributed by atoms with van der Waals surface area (Å²) in [5, 5.41) is 3.13. The summed E-state index contributed by atoms with van der Waals surface area (Å²) in [7, 11) is 0. The zero-order valence-electron chi connectivity index (χ0n) is 12.9. The van der Waals surface area contributed by atoms with Gasteiger partial charge in [0.15, 0.2) is 0 Å². The van der Waals surface area contributed by atoms with Crippen molar-refractivity contribution in [3.8, 4) is 0 Å². The maximum atomic E-state index is 13.2. The van der Waals surface area contributed by atoms with E-state index in [2.05, 4.69) is 19.2 Å². The summed E-state index contributed by atoms with van der Waals surface area (Å²) in [6.07, 6.45) is -2.40. The van der Waals surface area contributed by atoms with Gasteiger partial charge in [0.25, 0.3) is 0 Å². The quantitative estimate of drug-likeness (QED) is 0.512. The van der Waals surface area contributed by atoms with E-state index in [1.54, 1.807) is 12.1 Å². The molecule has 0 radical (unpaired) electrons. The average Bonchev–Trinajstić information content (AvgIpc) is 2.38. The molecule has 0 heterocycles. The molecule has 5 heteroatoms. The molecule has 0 saturated heterocycles. The van der Waals surface area contributed by atoms with Gasteiger partial charge in [-0.25, -0.2) is 0 Å². The summed E-state index contributed by atoms with van der Waals surface area (Å²) in [6, 6.07) is 4.67. The largest absolute Gasteiger partial charge is 0.417 e. The third kappa shape index (κ3) is 6.74. The molecule has 0 unspecified atom stereocenters. The van der Waals surface area contributed by atoms with E-state index in [9.17, 15) is 13.2 Å². The molecule has 0 saturated carbocycles. The van der Waals surface area contributed by atoms with Crippen LogP contribution < -0.4 is 5.32 Å². The van der Waals surface area contributed by atoms with Crippen LogP contribution in [-0.4, -0.2) is 12.3 Å². The predicted octanol–water partition coefficient (Wildman–Crippen LogP) is 5.34. The smallest absolute Gasteiger partial charge is 0.313 e. The van der Waals surface area contributed by atoms with Gasteiger partial charge in [0.2, 0.25) is 0 Å². The molecule has 1 rings (SSSR count). The van der Waals surface area contributed by atoms with Gasteiger partial charge >= 0.3 is 6.18 Å². The maximum absolute atomic E-state index is 13.2. The zero-order chi connectivity index (χ0) is 15.9. The molecule has 0 aliphatic carbocycles. The number of thioether (sulfide) groups is 1. The lowest BCUT2D eigenvalue weighted by molar-refractivity contribution is -0.139. The summed E-state index contributed by atoms with van der Waals surface area (Å²) < 4.78 is 39.5. The zero-order valence-corrected chi connectivity index (χ0v) is 13.7. The van der Waals surface area contributed by atoms with Crippen molar-refractivity contribution in [2.24, 2.45) is 5.92 Å². The van der Waals surface area contributed by atoms with Crippen LogP contribution in [0.15, 0.2) is 23.1 Å². The molecule has 0 aliphatic rings. The lowest BCUT2D eigenvalue weighted by atomic mass is 10.1. The Balaban J connectivity index is 2.82. The minimum Gasteiger partial charge on any atom is -0.313 e. The number of alkyl halides is 3. The molecule has 120 valence electrons. The highest BCUT2D eigenvalue weighted by molar-refractivity contribution is 7.99. The van der Waals surface area contributed by atoms with E-state index in [4.69, 9.17) is 0 Å². The van der Waals surface area contributed by atoms with Crippen LogP contribution >= 0.6 is 11.8 Å². The van der Waals surface area contributed by atoms with Gasteiger partial charge in [0.05, 0.1) is 5.56 Å². The van der Waals surface area contributed by atoms with Crippen LogP contribution in [0.5, 0.6) is 0 Å². The van der Waals surface area contributed by atoms with Gasteiger partial charge in [-0.1, -0.05) is 26.8 Å². The van der Waals surface area contributed by atoms with Crippen molar-refractivity contribution < 1.29 is 13.2 Å². The number of halogens is 3. The highest BCUT2D eigenvalue weighted by Gasteiger charge is 2.33. The van der Waals surface area contributed by atoms with E-state index in [-0.39, 0.29) is 0 Å². The first-order valence-corrected chi connectivity index (χ1v) is 8.36. The number of hydrogen-bond acceptors (Lipinski definition) is 2. The first kappa shape index (κ1) is 18.4. The van der Waals surface area contributed by atoms with Crippen LogP contribution in [0.3, 0.4) is 0 Å². The topological polar surface area (TPSA) is 12.0 Å². The Kier molecular flexibility index (Phi) is 7.60. The van der Waals surface area contributed by atoms with Crippen molar-refractivity contribution in [2.45, 2.75) is 51.2 Å². The molecule has 0 fully saturated rings. The fourth-order valence-corrected chi connectivity index (χ4v) is 3.15. The second kappa shape index (κ2) is 8.69. The fourth-order valence-electron chi connectivity index (χ4n) is 1.85. The molecule has 1 N–H and O–H groups in total. The SMILES string of the molecule is CCCNCc1ccc(SCCC(C)C)c(C(F)(F)F)c1. The van der Waals surface area contributed by atoms with Gasteiger partial charge in [0, 0.05) is 11.4 Å². The number of nitrogens with one attached hydrogen (secondary N) is 1. The lowest BCUT2D eigenvalue weighted by Crippen LogP contribution is -2.15. The number of hydrogen-bond donors (Lipinski definition) is 1. The lowest BCUT2D eigenvalue weighted by Gasteiger charge is -2.15. The molecule has 1 nitrogen and oxygen atoms in total. The van der Waals surface area contributed by atoms with Crippen molar-refractivity contribution in [3.63, 3.8) is 0 Å². The molecule has 0 spiro atoms. The van der Waals surface area contributed by atoms with Crippen molar-refractivity contribution in [1.29, 1.82) is 0 Å². The van der Waals surface area contributed by atoms with Gasteiger partial charge in [-0.2, -0.15) is 13.2 Å². The van der Waals surface area contributed by atoms with Crippen LogP contribution in [-0.2, 0) is 12.7 Å². The molecule has 0 bridgehead atoms. The van der Waals surface area contributed by atoms with Crippen LogP contribution in [0, 0.1) is 5.92 Å². The summed E-state index contributed by atoms with van der Waals surface area (Å²) in [6.45, 7) is 7.48. The van der Waals surface area contributed by atoms with Crippen molar-refractivity contribution >= 4 is 11.8 Å². The van der Waals surface area contributed by atoms with Crippen molar-refractivity contribution in [2.75, 3.05) is 12.3 Å². The van der Waals surface area contributed by atoms with Crippen LogP contribution in [0.25, 0.3) is 0 Å². The summed E-state index contributed by atoms with van der Waals surface area (Å²) >= 11 is 1.30. The first-order valence-electron chi connectivity index (χ1n) is 7.38. The summed E-state index contributed by atoms with van der Waals surface area (Å²) in [5.74, 6) is 1.22. The van der Waals surface area contributed by atoms with Gasteiger partial charge in [-0.15, -0.1) is 11.8 Å². The van der Waals surface area contributed by atoms with E-state index in [1.807, 2.05) is 6.92 Å². The van der Waals surface area contributed by atoms with Crippen molar-refractivity contribution in [1.82, 2.24) is 5.32 Å².